The highest BCUT2D eigenvalue weighted by molar-refractivity contribution is 7.53. The van der Waals surface area contributed by atoms with Crippen LogP contribution in [0.15, 0.2) is 24.3 Å². The van der Waals surface area contributed by atoms with Crippen LogP contribution in [0.2, 0.25) is 0 Å². The lowest BCUT2D eigenvalue weighted by atomic mass is 10.1. The molecular weight excluding hydrogens is 293 g/mol. The van der Waals surface area contributed by atoms with Gasteiger partial charge in [-0.05, 0) is 31.5 Å². The van der Waals surface area contributed by atoms with Crippen molar-refractivity contribution in [3.8, 4) is 0 Å². The molecular formula is C14H22NO5P. The van der Waals surface area contributed by atoms with Crippen LogP contribution in [0.25, 0.3) is 0 Å². The van der Waals surface area contributed by atoms with Gasteiger partial charge in [-0.1, -0.05) is 12.1 Å². The van der Waals surface area contributed by atoms with Gasteiger partial charge >= 0.3 is 7.60 Å². The maximum atomic E-state index is 12.4. The summed E-state index contributed by atoms with van der Waals surface area (Å²) in [6.07, 6.45) is 0.189. The van der Waals surface area contributed by atoms with Crippen molar-refractivity contribution in [3.05, 3.63) is 35.4 Å². The highest BCUT2D eigenvalue weighted by atomic mass is 31.2. The normalized spacial score (nSPS) is 11.4. The average molecular weight is 315 g/mol. The first-order chi connectivity index (χ1) is 10.0. The summed E-state index contributed by atoms with van der Waals surface area (Å²) < 4.78 is 27.7. The Morgan fingerprint density at radius 1 is 1.14 bits per heavy atom. The van der Waals surface area contributed by atoms with E-state index in [2.05, 4.69) is 5.32 Å². The summed E-state index contributed by atoms with van der Waals surface area (Å²) in [5.41, 5.74) is 1.31. The predicted octanol–water partition coefficient (Wildman–Crippen LogP) is 2.79. The first kappa shape index (κ1) is 17.9. The van der Waals surface area contributed by atoms with Gasteiger partial charge in [0.2, 0.25) is 0 Å². The standard InChI is InChI=1S/C14H22NO5P/c1-4-19-21(17,20-5-2)10-12-6-8-13(9-7-12)14(16)15-11-18-3/h6-9H,4-5,10-11H2,1-3H3,(H,15,16). The van der Waals surface area contributed by atoms with E-state index < -0.39 is 7.60 Å². The zero-order valence-corrected chi connectivity index (χ0v) is 13.5. The molecule has 1 amide bonds. The fraction of sp³-hybridized carbons (Fsp3) is 0.500. The number of hydrogen-bond donors (Lipinski definition) is 1. The van der Waals surface area contributed by atoms with Crippen LogP contribution >= 0.6 is 7.60 Å². The quantitative estimate of drug-likeness (QED) is 0.560. The molecule has 0 saturated carbocycles. The van der Waals surface area contributed by atoms with Crippen molar-refractivity contribution < 1.29 is 23.1 Å². The molecule has 0 heterocycles. The Morgan fingerprint density at radius 3 is 2.19 bits per heavy atom. The number of carbonyl (C=O) groups is 1. The summed E-state index contributed by atoms with van der Waals surface area (Å²) in [6.45, 7) is 4.36. The summed E-state index contributed by atoms with van der Waals surface area (Å²) in [5, 5.41) is 2.59. The van der Waals surface area contributed by atoms with E-state index in [1.54, 1.807) is 38.1 Å². The molecule has 0 atom stereocenters. The van der Waals surface area contributed by atoms with Gasteiger partial charge in [0.15, 0.2) is 0 Å². The molecule has 0 unspecified atom stereocenters. The molecule has 0 spiro atoms. The van der Waals surface area contributed by atoms with Crippen LogP contribution in [0.4, 0.5) is 0 Å². The van der Waals surface area contributed by atoms with Crippen LogP contribution in [0.1, 0.15) is 29.8 Å². The molecule has 0 aromatic heterocycles. The van der Waals surface area contributed by atoms with Gasteiger partial charge in [0.25, 0.3) is 5.91 Å². The molecule has 0 aliphatic carbocycles. The number of ether oxygens (including phenoxy) is 1. The smallest absolute Gasteiger partial charge is 0.335 e. The van der Waals surface area contributed by atoms with E-state index in [-0.39, 0.29) is 18.8 Å². The topological polar surface area (TPSA) is 73.9 Å². The molecule has 1 aromatic rings. The van der Waals surface area contributed by atoms with E-state index in [0.29, 0.717) is 18.8 Å². The molecule has 1 aromatic carbocycles. The van der Waals surface area contributed by atoms with Crippen LogP contribution in [0.3, 0.4) is 0 Å². The van der Waals surface area contributed by atoms with Gasteiger partial charge < -0.3 is 19.1 Å². The second-order valence-corrected chi connectivity index (χ2v) is 6.29. The Bertz CT molecular complexity index is 479. The van der Waals surface area contributed by atoms with Gasteiger partial charge in [-0.3, -0.25) is 9.36 Å². The van der Waals surface area contributed by atoms with Gasteiger partial charge in [-0.2, -0.15) is 0 Å². The third-order valence-corrected chi connectivity index (χ3v) is 4.68. The molecule has 7 heteroatoms. The molecule has 0 bridgehead atoms. The highest BCUT2D eigenvalue weighted by Gasteiger charge is 2.24. The molecule has 118 valence electrons. The molecule has 6 nitrogen and oxygen atoms in total. The van der Waals surface area contributed by atoms with E-state index in [9.17, 15) is 9.36 Å². The maximum absolute atomic E-state index is 12.4. The zero-order valence-electron chi connectivity index (χ0n) is 12.6. The van der Waals surface area contributed by atoms with E-state index in [4.69, 9.17) is 13.8 Å². The molecule has 0 fully saturated rings. The van der Waals surface area contributed by atoms with Crippen LogP contribution in [0, 0.1) is 0 Å². The van der Waals surface area contributed by atoms with Crippen molar-refractivity contribution in [1.82, 2.24) is 5.32 Å². The van der Waals surface area contributed by atoms with E-state index >= 15 is 0 Å². The monoisotopic (exact) mass is 315 g/mol. The third kappa shape index (κ3) is 5.98. The number of amides is 1. The summed E-state index contributed by atoms with van der Waals surface area (Å²) in [7, 11) is -1.62. The van der Waals surface area contributed by atoms with Crippen molar-refractivity contribution in [2.24, 2.45) is 0 Å². The minimum atomic E-state index is -3.12. The Labute approximate surface area is 125 Å². The summed E-state index contributed by atoms with van der Waals surface area (Å²) in [4.78, 5) is 11.7. The minimum Gasteiger partial charge on any atom is -0.364 e. The summed E-state index contributed by atoms with van der Waals surface area (Å²) in [6, 6.07) is 6.82. The predicted molar refractivity (Wildman–Crippen MR) is 80.3 cm³/mol. The molecule has 21 heavy (non-hydrogen) atoms. The maximum Gasteiger partial charge on any atom is 0.335 e. The number of methoxy groups -OCH3 is 1. The Balaban J connectivity index is 2.73. The second-order valence-electron chi connectivity index (χ2n) is 4.24. The minimum absolute atomic E-state index is 0.157. The first-order valence-electron chi connectivity index (χ1n) is 6.79. The van der Waals surface area contributed by atoms with Crippen molar-refractivity contribution in [3.63, 3.8) is 0 Å². The van der Waals surface area contributed by atoms with Crippen LogP contribution < -0.4 is 5.32 Å². The zero-order chi connectivity index (χ0) is 15.7. The van der Waals surface area contributed by atoms with E-state index in [1.165, 1.54) is 7.11 Å². The number of carbonyl (C=O) groups excluding carboxylic acids is 1. The molecule has 0 aliphatic heterocycles. The van der Waals surface area contributed by atoms with Crippen molar-refractivity contribution in [1.29, 1.82) is 0 Å². The number of benzene rings is 1. The van der Waals surface area contributed by atoms with Gasteiger partial charge in [0.05, 0.1) is 19.4 Å². The van der Waals surface area contributed by atoms with Crippen LogP contribution in [-0.2, 0) is 24.5 Å². The molecule has 1 N–H and O–H groups in total. The molecule has 0 saturated heterocycles. The number of nitrogens with one attached hydrogen (secondary N) is 1. The molecule has 0 radical (unpaired) electrons. The summed E-state index contributed by atoms with van der Waals surface area (Å²) >= 11 is 0. The van der Waals surface area contributed by atoms with Gasteiger partial charge in [0.1, 0.15) is 6.73 Å². The lowest BCUT2D eigenvalue weighted by Crippen LogP contribution is -2.25. The fourth-order valence-electron chi connectivity index (χ4n) is 1.75. The molecule has 0 aliphatic rings. The van der Waals surface area contributed by atoms with Gasteiger partial charge in [-0.15, -0.1) is 0 Å². The molecule has 1 rings (SSSR count). The Morgan fingerprint density at radius 2 is 1.71 bits per heavy atom. The first-order valence-corrected chi connectivity index (χ1v) is 8.51. The van der Waals surface area contributed by atoms with Gasteiger partial charge in [0, 0.05) is 12.7 Å². The van der Waals surface area contributed by atoms with Crippen molar-refractivity contribution in [2.75, 3.05) is 27.1 Å². The Hall–Kier alpha value is -1.20. The largest absolute Gasteiger partial charge is 0.364 e. The van der Waals surface area contributed by atoms with Crippen molar-refractivity contribution in [2.45, 2.75) is 20.0 Å². The van der Waals surface area contributed by atoms with Gasteiger partial charge in [-0.25, -0.2) is 0 Å². The van der Waals surface area contributed by atoms with E-state index in [1.807, 2.05) is 0 Å². The van der Waals surface area contributed by atoms with E-state index in [0.717, 1.165) is 5.56 Å². The highest BCUT2D eigenvalue weighted by Crippen LogP contribution is 2.51. The fourth-order valence-corrected chi connectivity index (χ4v) is 3.45. The van der Waals surface area contributed by atoms with Crippen molar-refractivity contribution >= 4 is 13.5 Å². The lowest BCUT2D eigenvalue weighted by molar-refractivity contribution is 0.0872. The SMILES string of the molecule is CCOP(=O)(Cc1ccc(C(=O)NCOC)cc1)OCC. The van der Waals surface area contributed by atoms with Crippen LogP contribution in [-0.4, -0.2) is 33.0 Å². The Kier molecular flexibility index (Phi) is 7.61. The summed E-state index contributed by atoms with van der Waals surface area (Å²) in [5.74, 6) is -0.221. The number of hydrogen-bond acceptors (Lipinski definition) is 5. The second kappa shape index (κ2) is 8.95. The lowest BCUT2D eigenvalue weighted by Gasteiger charge is -2.17. The van der Waals surface area contributed by atoms with Crippen LogP contribution in [0.5, 0.6) is 0 Å². The third-order valence-electron chi connectivity index (χ3n) is 2.62. The number of rotatable bonds is 9. The average Bonchev–Trinajstić information content (AvgIpc) is 2.46.